The van der Waals surface area contributed by atoms with Crippen molar-refractivity contribution in [3.05, 3.63) is 33.8 Å². The van der Waals surface area contributed by atoms with Crippen molar-refractivity contribution in [1.29, 1.82) is 0 Å². The molecule has 1 aromatic carbocycles. The SMILES string of the molecule is Clc1ccc(Cl)c([C@H]2CNCCN2)c1. The third-order valence-corrected chi connectivity index (χ3v) is 2.95. The van der Waals surface area contributed by atoms with Gasteiger partial charge in [-0.1, -0.05) is 23.2 Å². The van der Waals surface area contributed by atoms with Crippen LogP contribution < -0.4 is 10.6 Å². The van der Waals surface area contributed by atoms with Crippen molar-refractivity contribution in [3.8, 4) is 0 Å². The maximum absolute atomic E-state index is 6.10. The summed E-state index contributed by atoms with van der Waals surface area (Å²) in [6.45, 7) is 2.88. The summed E-state index contributed by atoms with van der Waals surface area (Å²) in [6, 6.07) is 5.85. The number of piperazine rings is 1. The number of hydrogen-bond donors (Lipinski definition) is 2. The van der Waals surface area contributed by atoms with E-state index in [-0.39, 0.29) is 6.04 Å². The van der Waals surface area contributed by atoms with Crippen LogP contribution in [0.2, 0.25) is 10.0 Å². The summed E-state index contributed by atoms with van der Waals surface area (Å²) in [5.41, 5.74) is 1.08. The number of hydrogen-bond acceptors (Lipinski definition) is 2. The third kappa shape index (κ3) is 2.20. The van der Waals surface area contributed by atoms with E-state index in [0.29, 0.717) is 0 Å². The molecule has 2 N–H and O–H groups in total. The quantitative estimate of drug-likeness (QED) is 0.774. The van der Waals surface area contributed by atoms with Crippen LogP contribution in [0.1, 0.15) is 11.6 Å². The highest BCUT2D eigenvalue weighted by Crippen LogP contribution is 2.26. The predicted molar refractivity (Wildman–Crippen MR) is 60.1 cm³/mol. The molecule has 0 bridgehead atoms. The number of nitrogens with one attached hydrogen (secondary N) is 2. The summed E-state index contributed by atoms with van der Waals surface area (Å²) < 4.78 is 0. The molecule has 1 aliphatic rings. The van der Waals surface area contributed by atoms with Crippen molar-refractivity contribution in [1.82, 2.24) is 10.6 Å². The third-order valence-electron chi connectivity index (χ3n) is 2.37. The molecule has 1 aliphatic heterocycles. The zero-order valence-corrected chi connectivity index (χ0v) is 9.20. The van der Waals surface area contributed by atoms with Gasteiger partial charge in [0.1, 0.15) is 0 Å². The lowest BCUT2D eigenvalue weighted by Gasteiger charge is -2.25. The second-order valence-electron chi connectivity index (χ2n) is 3.38. The summed E-state index contributed by atoms with van der Waals surface area (Å²) in [5, 5.41) is 8.22. The fraction of sp³-hybridized carbons (Fsp3) is 0.400. The van der Waals surface area contributed by atoms with Gasteiger partial charge >= 0.3 is 0 Å². The van der Waals surface area contributed by atoms with Gasteiger partial charge in [-0.25, -0.2) is 0 Å². The van der Waals surface area contributed by atoms with Crippen molar-refractivity contribution < 1.29 is 0 Å². The van der Waals surface area contributed by atoms with Crippen LogP contribution in [0.3, 0.4) is 0 Å². The lowest BCUT2D eigenvalue weighted by Crippen LogP contribution is -2.42. The molecule has 0 amide bonds. The van der Waals surface area contributed by atoms with Crippen molar-refractivity contribution in [3.63, 3.8) is 0 Å². The highest BCUT2D eigenvalue weighted by Gasteiger charge is 2.16. The Morgan fingerprint density at radius 1 is 1.21 bits per heavy atom. The van der Waals surface area contributed by atoms with Crippen LogP contribution in [-0.2, 0) is 0 Å². The summed E-state index contributed by atoms with van der Waals surface area (Å²) in [5.74, 6) is 0. The van der Waals surface area contributed by atoms with E-state index in [4.69, 9.17) is 23.2 Å². The Balaban J connectivity index is 2.24. The molecular formula is C10H12Cl2N2. The molecule has 0 saturated carbocycles. The minimum absolute atomic E-state index is 0.273. The fourth-order valence-corrected chi connectivity index (χ4v) is 2.08. The molecule has 76 valence electrons. The molecule has 2 rings (SSSR count). The monoisotopic (exact) mass is 230 g/mol. The average molecular weight is 231 g/mol. The Labute approximate surface area is 93.6 Å². The van der Waals surface area contributed by atoms with Crippen LogP contribution >= 0.6 is 23.2 Å². The molecule has 14 heavy (non-hydrogen) atoms. The first-order valence-electron chi connectivity index (χ1n) is 4.66. The van der Waals surface area contributed by atoms with Crippen molar-refractivity contribution in [2.24, 2.45) is 0 Å². The highest BCUT2D eigenvalue weighted by atomic mass is 35.5. The maximum Gasteiger partial charge on any atom is 0.0462 e. The summed E-state index contributed by atoms with van der Waals surface area (Å²) in [7, 11) is 0. The Hall–Kier alpha value is -0.280. The van der Waals surface area contributed by atoms with Crippen LogP contribution in [-0.4, -0.2) is 19.6 Å². The normalized spacial score (nSPS) is 22.3. The molecule has 1 fully saturated rings. The Kier molecular flexibility index (Phi) is 3.29. The maximum atomic E-state index is 6.10. The summed E-state index contributed by atoms with van der Waals surface area (Å²) in [6.07, 6.45) is 0. The van der Waals surface area contributed by atoms with Crippen LogP contribution in [0.5, 0.6) is 0 Å². The first-order chi connectivity index (χ1) is 6.77. The molecule has 1 aromatic rings. The largest absolute Gasteiger partial charge is 0.314 e. The van der Waals surface area contributed by atoms with Gasteiger partial charge in [-0.2, -0.15) is 0 Å². The van der Waals surface area contributed by atoms with Crippen LogP contribution in [0.25, 0.3) is 0 Å². The van der Waals surface area contributed by atoms with Gasteiger partial charge in [-0.05, 0) is 23.8 Å². The molecular weight excluding hydrogens is 219 g/mol. The van der Waals surface area contributed by atoms with Gasteiger partial charge in [0, 0.05) is 35.7 Å². The molecule has 0 radical (unpaired) electrons. The van der Waals surface area contributed by atoms with Crippen LogP contribution in [0, 0.1) is 0 Å². The van der Waals surface area contributed by atoms with Gasteiger partial charge in [0.05, 0.1) is 0 Å². The number of benzene rings is 1. The lowest BCUT2D eigenvalue weighted by molar-refractivity contribution is 0.430. The molecule has 0 spiro atoms. The van der Waals surface area contributed by atoms with Crippen molar-refractivity contribution in [2.75, 3.05) is 19.6 Å². The summed E-state index contributed by atoms with van der Waals surface area (Å²) in [4.78, 5) is 0. The van der Waals surface area contributed by atoms with Gasteiger partial charge in [-0.3, -0.25) is 0 Å². The highest BCUT2D eigenvalue weighted by molar-refractivity contribution is 6.33. The molecule has 1 heterocycles. The smallest absolute Gasteiger partial charge is 0.0462 e. The van der Waals surface area contributed by atoms with Gasteiger partial charge in [0.15, 0.2) is 0 Å². The van der Waals surface area contributed by atoms with Gasteiger partial charge in [0.2, 0.25) is 0 Å². The van der Waals surface area contributed by atoms with E-state index < -0.39 is 0 Å². The van der Waals surface area contributed by atoms with E-state index >= 15 is 0 Å². The van der Waals surface area contributed by atoms with Gasteiger partial charge < -0.3 is 10.6 Å². The van der Waals surface area contributed by atoms with E-state index in [1.165, 1.54) is 0 Å². The Bertz CT molecular complexity index is 322. The molecule has 4 heteroatoms. The Morgan fingerprint density at radius 2 is 2.07 bits per heavy atom. The van der Waals surface area contributed by atoms with Gasteiger partial charge in [0.25, 0.3) is 0 Å². The minimum atomic E-state index is 0.273. The molecule has 0 unspecified atom stereocenters. The average Bonchev–Trinajstić information content (AvgIpc) is 2.23. The van der Waals surface area contributed by atoms with E-state index in [0.717, 1.165) is 35.2 Å². The minimum Gasteiger partial charge on any atom is -0.314 e. The van der Waals surface area contributed by atoms with E-state index in [1.54, 1.807) is 0 Å². The number of rotatable bonds is 1. The second-order valence-corrected chi connectivity index (χ2v) is 4.22. The van der Waals surface area contributed by atoms with Crippen molar-refractivity contribution in [2.45, 2.75) is 6.04 Å². The standard InChI is InChI=1S/C10H12Cl2N2/c11-7-1-2-9(12)8(5-7)10-6-13-3-4-14-10/h1-2,5,10,13-14H,3-4,6H2/t10-/m1/s1. The van der Waals surface area contributed by atoms with Gasteiger partial charge in [-0.15, -0.1) is 0 Å². The molecule has 0 aliphatic carbocycles. The lowest BCUT2D eigenvalue weighted by atomic mass is 10.1. The first kappa shape index (κ1) is 10.2. The van der Waals surface area contributed by atoms with Crippen molar-refractivity contribution >= 4 is 23.2 Å². The fourth-order valence-electron chi connectivity index (χ4n) is 1.65. The zero-order chi connectivity index (χ0) is 9.97. The second kappa shape index (κ2) is 4.49. The zero-order valence-electron chi connectivity index (χ0n) is 7.69. The van der Waals surface area contributed by atoms with Crippen LogP contribution in [0.4, 0.5) is 0 Å². The summed E-state index contributed by atoms with van der Waals surface area (Å²) >= 11 is 12.0. The first-order valence-corrected chi connectivity index (χ1v) is 5.42. The number of halogens is 2. The molecule has 1 atom stereocenters. The van der Waals surface area contributed by atoms with E-state index in [1.807, 2.05) is 18.2 Å². The molecule has 0 aromatic heterocycles. The topological polar surface area (TPSA) is 24.1 Å². The van der Waals surface area contributed by atoms with E-state index in [9.17, 15) is 0 Å². The molecule has 1 saturated heterocycles. The van der Waals surface area contributed by atoms with E-state index in [2.05, 4.69) is 10.6 Å². The predicted octanol–water partition coefficient (Wildman–Crippen LogP) is 2.23. The molecule has 2 nitrogen and oxygen atoms in total. The van der Waals surface area contributed by atoms with Crippen LogP contribution in [0.15, 0.2) is 18.2 Å². The Morgan fingerprint density at radius 3 is 2.79 bits per heavy atom.